The van der Waals surface area contributed by atoms with Crippen LogP contribution in [0.15, 0.2) is 47.2 Å². The molecule has 0 saturated heterocycles. The number of nitrogens with zero attached hydrogens (tertiary/aromatic N) is 3. The molecule has 2 N–H and O–H groups in total. The second-order valence-electron chi connectivity index (χ2n) is 4.30. The van der Waals surface area contributed by atoms with Crippen LogP contribution in [0.3, 0.4) is 0 Å². The summed E-state index contributed by atoms with van der Waals surface area (Å²) >= 11 is 0. The predicted octanol–water partition coefficient (Wildman–Crippen LogP) is 2.78. The number of ether oxygens (including phenoxy) is 1. The zero-order chi connectivity index (χ0) is 14.7. The van der Waals surface area contributed by atoms with Crippen molar-refractivity contribution >= 4 is 5.88 Å². The molecule has 6 nitrogen and oxygen atoms in total. The lowest BCUT2D eigenvalue weighted by Gasteiger charge is -2.05. The van der Waals surface area contributed by atoms with Crippen LogP contribution in [0.5, 0.6) is 5.75 Å². The minimum Gasteiger partial charge on any atom is -0.494 e. The third kappa shape index (κ3) is 2.55. The summed E-state index contributed by atoms with van der Waals surface area (Å²) in [5.74, 6) is 1.51. The molecule has 0 aliphatic rings. The van der Waals surface area contributed by atoms with E-state index in [9.17, 15) is 0 Å². The molecule has 6 heteroatoms. The van der Waals surface area contributed by atoms with Crippen LogP contribution in [0.25, 0.3) is 22.6 Å². The summed E-state index contributed by atoms with van der Waals surface area (Å²) in [6.07, 6.45) is 3.30. The van der Waals surface area contributed by atoms with Gasteiger partial charge in [0.25, 0.3) is 0 Å². The van der Waals surface area contributed by atoms with Gasteiger partial charge in [0.05, 0.1) is 12.2 Å². The van der Waals surface area contributed by atoms with E-state index in [1.807, 2.05) is 31.2 Å². The van der Waals surface area contributed by atoms with Crippen LogP contribution >= 0.6 is 0 Å². The number of nitrogen functional groups attached to an aromatic ring is 1. The molecule has 0 atom stereocenters. The summed E-state index contributed by atoms with van der Waals surface area (Å²) in [6.45, 7) is 2.56. The number of nitrogens with two attached hydrogens (primary N) is 1. The molecule has 0 aliphatic heterocycles. The normalized spacial score (nSPS) is 10.5. The lowest BCUT2D eigenvalue weighted by Crippen LogP contribution is -1.93. The van der Waals surface area contributed by atoms with Crippen LogP contribution in [0.2, 0.25) is 0 Å². The highest BCUT2D eigenvalue weighted by Crippen LogP contribution is 2.35. The average molecular weight is 282 g/mol. The van der Waals surface area contributed by atoms with Gasteiger partial charge in [0, 0.05) is 12.4 Å². The van der Waals surface area contributed by atoms with E-state index in [1.54, 1.807) is 18.5 Å². The number of rotatable bonds is 4. The SMILES string of the molecule is CCOc1ccc(-c2c(-c3ncccn3)noc2N)cc1. The van der Waals surface area contributed by atoms with Gasteiger partial charge in [0.1, 0.15) is 5.75 Å². The van der Waals surface area contributed by atoms with Crippen LogP contribution in [0.4, 0.5) is 5.88 Å². The van der Waals surface area contributed by atoms with Crippen LogP contribution < -0.4 is 10.5 Å². The van der Waals surface area contributed by atoms with Gasteiger partial charge in [-0.05, 0) is 30.7 Å². The Morgan fingerprint density at radius 1 is 1.14 bits per heavy atom. The van der Waals surface area contributed by atoms with Crippen molar-refractivity contribution in [3.05, 3.63) is 42.7 Å². The molecule has 21 heavy (non-hydrogen) atoms. The number of aromatic nitrogens is 3. The molecule has 2 heterocycles. The van der Waals surface area contributed by atoms with E-state index >= 15 is 0 Å². The Kier molecular flexibility index (Phi) is 3.51. The van der Waals surface area contributed by atoms with E-state index in [1.165, 1.54) is 0 Å². The van der Waals surface area contributed by atoms with Gasteiger partial charge in [-0.15, -0.1) is 0 Å². The molecule has 0 amide bonds. The number of benzene rings is 1. The molecule has 0 spiro atoms. The molecule has 2 aromatic heterocycles. The standard InChI is InChI=1S/C15H14N4O2/c1-2-20-11-6-4-10(5-7-11)12-13(19-21-14(12)16)15-17-8-3-9-18-15/h3-9H,2,16H2,1H3. The lowest BCUT2D eigenvalue weighted by molar-refractivity contribution is 0.340. The summed E-state index contributed by atoms with van der Waals surface area (Å²) in [5, 5.41) is 3.96. The van der Waals surface area contributed by atoms with Crippen molar-refractivity contribution in [1.29, 1.82) is 0 Å². The minimum absolute atomic E-state index is 0.238. The Balaban J connectivity index is 2.04. The lowest BCUT2D eigenvalue weighted by atomic mass is 10.1. The van der Waals surface area contributed by atoms with Crippen molar-refractivity contribution in [2.24, 2.45) is 0 Å². The van der Waals surface area contributed by atoms with Crippen molar-refractivity contribution in [3.8, 4) is 28.4 Å². The van der Waals surface area contributed by atoms with Crippen molar-refractivity contribution in [2.75, 3.05) is 12.3 Å². The van der Waals surface area contributed by atoms with Gasteiger partial charge in [0.2, 0.25) is 5.88 Å². The van der Waals surface area contributed by atoms with Gasteiger partial charge in [0.15, 0.2) is 11.5 Å². The molecule has 3 aromatic rings. The first-order valence-electron chi connectivity index (χ1n) is 6.55. The summed E-state index contributed by atoms with van der Waals surface area (Å²) in [6, 6.07) is 9.30. The third-order valence-electron chi connectivity index (χ3n) is 2.95. The second-order valence-corrected chi connectivity index (χ2v) is 4.30. The van der Waals surface area contributed by atoms with E-state index in [4.69, 9.17) is 15.0 Å². The van der Waals surface area contributed by atoms with Crippen LogP contribution in [0.1, 0.15) is 6.92 Å². The molecule has 0 radical (unpaired) electrons. The Morgan fingerprint density at radius 2 is 1.86 bits per heavy atom. The highest BCUT2D eigenvalue weighted by molar-refractivity contribution is 5.84. The number of hydrogen-bond acceptors (Lipinski definition) is 6. The Morgan fingerprint density at radius 3 is 2.52 bits per heavy atom. The highest BCUT2D eigenvalue weighted by atomic mass is 16.5. The molecular formula is C15H14N4O2. The maximum atomic E-state index is 5.89. The number of hydrogen-bond donors (Lipinski definition) is 1. The molecule has 0 aliphatic carbocycles. The Bertz CT molecular complexity index is 723. The van der Waals surface area contributed by atoms with Crippen LogP contribution in [-0.4, -0.2) is 21.7 Å². The van der Waals surface area contributed by atoms with Gasteiger partial charge < -0.3 is 15.0 Å². The van der Waals surface area contributed by atoms with Crippen molar-refractivity contribution in [3.63, 3.8) is 0 Å². The molecule has 0 fully saturated rings. The molecule has 0 bridgehead atoms. The second kappa shape index (κ2) is 5.62. The van der Waals surface area contributed by atoms with Gasteiger partial charge in [-0.1, -0.05) is 17.3 Å². The van der Waals surface area contributed by atoms with E-state index in [-0.39, 0.29) is 5.88 Å². The molecule has 3 rings (SSSR count). The molecule has 0 unspecified atom stereocenters. The minimum atomic E-state index is 0.238. The maximum absolute atomic E-state index is 5.89. The van der Waals surface area contributed by atoms with Crippen molar-refractivity contribution < 1.29 is 9.26 Å². The smallest absolute Gasteiger partial charge is 0.230 e. The highest BCUT2D eigenvalue weighted by Gasteiger charge is 2.19. The summed E-state index contributed by atoms with van der Waals surface area (Å²) in [4.78, 5) is 8.36. The fraction of sp³-hybridized carbons (Fsp3) is 0.133. The van der Waals surface area contributed by atoms with Crippen LogP contribution in [-0.2, 0) is 0 Å². The summed E-state index contributed by atoms with van der Waals surface area (Å²) in [5.41, 5.74) is 7.98. The fourth-order valence-corrected chi connectivity index (χ4v) is 2.04. The zero-order valence-corrected chi connectivity index (χ0v) is 11.5. The summed E-state index contributed by atoms with van der Waals surface area (Å²) in [7, 11) is 0. The monoisotopic (exact) mass is 282 g/mol. The molecule has 106 valence electrons. The van der Waals surface area contributed by atoms with Gasteiger partial charge >= 0.3 is 0 Å². The average Bonchev–Trinajstić information content (AvgIpc) is 2.91. The third-order valence-corrected chi connectivity index (χ3v) is 2.95. The van der Waals surface area contributed by atoms with E-state index in [0.717, 1.165) is 11.3 Å². The fourth-order valence-electron chi connectivity index (χ4n) is 2.04. The first kappa shape index (κ1) is 13.1. The quantitative estimate of drug-likeness (QED) is 0.791. The van der Waals surface area contributed by atoms with E-state index in [0.29, 0.717) is 23.7 Å². The molecule has 0 saturated carbocycles. The molecular weight excluding hydrogens is 268 g/mol. The van der Waals surface area contributed by atoms with Crippen LogP contribution in [0, 0.1) is 0 Å². The van der Waals surface area contributed by atoms with Crippen molar-refractivity contribution in [1.82, 2.24) is 15.1 Å². The van der Waals surface area contributed by atoms with E-state index < -0.39 is 0 Å². The van der Waals surface area contributed by atoms with Gasteiger partial charge in [-0.25, -0.2) is 9.97 Å². The zero-order valence-electron chi connectivity index (χ0n) is 11.5. The van der Waals surface area contributed by atoms with E-state index in [2.05, 4.69) is 15.1 Å². The Hall–Kier alpha value is -2.89. The van der Waals surface area contributed by atoms with Gasteiger partial charge in [-0.3, -0.25) is 0 Å². The first-order chi connectivity index (χ1) is 10.3. The topological polar surface area (TPSA) is 87.1 Å². The van der Waals surface area contributed by atoms with Crippen molar-refractivity contribution in [2.45, 2.75) is 6.92 Å². The molecule has 1 aromatic carbocycles. The largest absolute Gasteiger partial charge is 0.494 e. The first-order valence-corrected chi connectivity index (χ1v) is 6.55. The predicted molar refractivity (Wildman–Crippen MR) is 78.5 cm³/mol. The Labute approximate surface area is 121 Å². The number of anilines is 1. The summed E-state index contributed by atoms with van der Waals surface area (Å²) < 4.78 is 10.5. The maximum Gasteiger partial charge on any atom is 0.230 e. The van der Waals surface area contributed by atoms with Gasteiger partial charge in [-0.2, -0.15) is 0 Å².